The molecule has 1 fully saturated rings. The molecule has 0 bridgehead atoms. The fourth-order valence-electron chi connectivity index (χ4n) is 2.89. The molecule has 0 aromatic heterocycles. The number of rotatable bonds is 7. The molecule has 7 nitrogen and oxygen atoms in total. The zero-order valence-corrected chi connectivity index (χ0v) is 15.7. The van der Waals surface area contributed by atoms with E-state index in [0.29, 0.717) is 35.7 Å². The van der Waals surface area contributed by atoms with E-state index in [2.05, 4.69) is 10.6 Å². The second-order valence-corrected chi connectivity index (χ2v) is 6.43. The average Bonchev–Trinajstić information content (AvgIpc) is 3.50. The topological polar surface area (TPSA) is 93.7 Å². The molecular formula is C21H22N2O5. The van der Waals surface area contributed by atoms with Crippen LogP contribution in [0.5, 0.6) is 5.75 Å². The number of hydrogen-bond acceptors (Lipinski definition) is 5. The lowest BCUT2D eigenvalue weighted by Gasteiger charge is -2.10. The van der Waals surface area contributed by atoms with Gasteiger partial charge in [-0.1, -0.05) is 12.1 Å². The Hall–Kier alpha value is -3.35. The van der Waals surface area contributed by atoms with Gasteiger partial charge in [0.2, 0.25) is 11.8 Å². The molecule has 146 valence electrons. The third-order valence-corrected chi connectivity index (χ3v) is 4.49. The van der Waals surface area contributed by atoms with Crippen molar-refractivity contribution >= 4 is 29.2 Å². The molecule has 1 aliphatic rings. The van der Waals surface area contributed by atoms with Crippen LogP contribution in [0.4, 0.5) is 11.4 Å². The lowest BCUT2D eigenvalue weighted by molar-refractivity contribution is -0.122. The molecular weight excluding hydrogens is 360 g/mol. The highest BCUT2D eigenvalue weighted by molar-refractivity contribution is 6.03. The maximum atomic E-state index is 12.4. The molecule has 2 aromatic rings. The third-order valence-electron chi connectivity index (χ3n) is 4.49. The van der Waals surface area contributed by atoms with Gasteiger partial charge >= 0.3 is 5.97 Å². The minimum Gasteiger partial charge on any atom is -0.495 e. The monoisotopic (exact) mass is 382 g/mol. The summed E-state index contributed by atoms with van der Waals surface area (Å²) >= 11 is 0. The van der Waals surface area contributed by atoms with Crippen molar-refractivity contribution < 1.29 is 23.9 Å². The molecule has 0 aliphatic heterocycles. The number of esters is 1. The van der Waals surface area contributed by atoms with Crippen molar-refractivity contribution in [2.24, 2.45) is 11.8 Å². The summed E-state index contributed by atoms with van der Waals surface area (Å²) in [6, 6.07) is 13.6. The Morgan fingerprint density at radius 3 is 2.25 bits per heavy atom. The van der Waals surface area contributed by atoms with Gasteiger partial charge in [-0.25, -0.2) is 4.79 Å². The van der Waals surface area contributed by atoms with Gasteiger partial charge in [-0.3, -0.25) is 9.59 Å². The summed E-state index contributed by atoms with van der Waals surface area (Å²) in [5, 5.41) is 5.59. The van der Waals surface area contributed by atoms with E-state index in [9.17, 15) is 14.4 Å². The molecule has 2 unspecified atom stereocenters. The number of amides is 2. The summed E-state index contributed by atoms with van der Waals surface area (Å²) in [7, 11) is 1.53. The van der Waals surface area contributed by atoms with Gasteiger partial charge in [0.05, 0.1) is 36.8 Å². The van der Waals surface area contributed by atoms with E-state index in [-0.39, 0.29) is 23.7 Å². The van der Waals surface area contributed by atoms with Gasteiger partial charge in [-0.2, -0.15) is 0 Å². The average molecular weight is 382 g/mol. The lowest BCUT2D eigenvalue weighted by atomic mass is 10.2. The molecule has 2 aromatic carbocycles. The number of carbonyl (C=O) groups is 3. The SMILES string of the molecule is CCOC(=O)c1ccc(NC(=O)C2CC2C(=O)Nc2ccccc2OC)cc1. The van der Waals surface area contributed by atoms with Gasteiger partial charge in [0, 0.05) is 5.69 Å². The number of anilines is 2. The number of benzene rings is 2. The summed E-state index contributed by atoms with van der Waals surface area (Å²) in [6.45, 7) is 2.04. The highest BCUT2D eigenvalue weighted by Crippen LogP contribution is 2.40. The van der Waals surface area contributed by atoms with Gasteiger partial charge in [0.25, 0.3) is 0 Å². The second kappa shape index (κ2) is 8.56. The molecule has 2 amide bonds. The molecule has 0 saturated heterocycles. The normalized spacial score (nSPS) is 17.4. The zero-order valence-electron chi connectivity index (χ0n) is 15.7. The van der Waals surface area contributed by atoms with E-state index >= 15 is 0 Å². The van der Waals surface area contributed by atoms with E-state index in [1.165, 1.54) is 7.11 Å². The van der Waals surface area contributed by atoms with Crippen LogP contribution in [0.2, 0.25) is 0 Å². The number of nitrogens with one attached hydrogen (secondary N) is 2. The van der Waals surface area contributed by atoms with E-state index in [1.54, 1.807) is 49.4 Å². The molecule has 1 saturated carbocycles. The first-order chi connectivity index (χ1) is 13.5. The van der Waals surface area contributed by atoms with E-state index < -0.39 is 5.97 Å². The Morgan fingerprint density at radius 2 is 1.61 bits per heavy atom. The van der Waals surface area contributed by atoms with E-state index in [0.717, 1.165) is 0 Å². The summed E-state index contributed by atoms with van der Waals surface area (Å²) < 4.78 is 10.1. The Bertz CT molecular complexity index is 879. The molecule has 0 spiro atoms. The van der Waals surface area contributed by atoms with Crippen molar-refractivity contribution in [2.75, 3.05) is 24.4 Å². The smallest absolute Gasteiger partial charge is 0.338 e. The maximum absolute atomic E-state index is 12.4. The molecule has 1 aliphatic carbocycles. The summed E-state index contributed by atoms with van der Waals surface area (Å²) in [5.74, 6) is -1.01. The summed E-state index contributed by atoms with van der Waals surface area (Å²) in [4.78, 5) is 36.4. The first kappa shape index (κ1) is 19.4. The van der Waals surface area contributed by atoms with Crippen LogP contribution < -0.4 is 15.4 Å². The Labute approximate surface area is 163 Å². The van der Waals surface area contributed by atoms with Crippen molar-refractivity contribution in [1.29, 1.82) is 0 Å². The van der Waals surface area contributed by atoms with Crippen LogP contribution in [0.3, 0.4) is 0 Å². The lowest BCUT2D eigenvalue weighted by Crippen LogP contribution is -2.20. The minimum atomic E-state index is -0.407. The van der Waals surface area contributed by atoms with Crippen molar-refractivity contribution in [3.05, 3.63) is 54.1 Å². The molecule has 0 heterocycles. The van der Waals surface area contributed by atoms with Gasteiger partial charge in [0.1, 0.15) is 5.75 Å². The zero-order chi connectivity index (χ0) is 20.1. The number of hydrogen-bond donors (Lipinski definition) is 2. The maximum Gasteiger partial charge on any atom is 0.338 e. The van der Waals surface area contributed by atoms with Gasteiger partial charge in [0.15, 0.2) is 0 Å². The van der Waals surface area contributed by atoms with E-state index in [1.807, 2.05) is 6.07 Å². The van der Waals surface area contributed by atoms with Crippen LogP contribution >= 0.6 is 0 Å². The predicted octanol–water partition coefficient (Wildman–Crippen LogP) is 3.09. The Balaban J connectivity index is 1.54. The fourth-order valence-corrected chi connectivity index (χ4v) is 2.89. The first-order valence-corrected chi connectivity index (χ1v) is 9.05. The first-order valence-electron chi connectivity index (χ1n) is 9.05. The van der Waals surface area contributed by atoms with Crippen molar-refractivity contribution in [1.82, 2.24) is 0 Å². The Kier molecular flexibility index (Phi) is 5.93. The number of para-hydroxylation sites is 2. The summed E-state index contributed by atoms with van der Waals surface area (Å²) in [5.41, 5.74) is 1.56. The molecule has 2 atom stereocenters. The van der Waals surface area contributed by atoms with Gasteiger partial charge in [-0.15, -0.1) is 0 Å². The van der Waals surface area contributed by atoms with Crippen LogP contribution in [0.25, 0.3) is 0 Å². The van der Waals surface area contributed by atoms with E-state index in [4.69, 9.17) is 9.47 Å². The molecule has 0 radical (unpaired) electrons. The van der Waals surface area contributed by atoms with Crippen molar-refractivity contribution in [3.8, 4) is 5.75 Å². The largest absolute Gasteiger partial charge is 0.495 e. The van der Waals surface area contributed by atoms with Crippen LogP contribution in [0.15, 0.2) is 48.5 Å². The van der Waals surface area contributed by atoms with Crippen LogP contribution in [-0.2, 0) is 14.3 Å². The molecule has 7 heteroatoms. The highest BCUT2D eigenvalue weighted by atomic mass is 16.5. The number of carbonyl (C=O) groups excluding carboxylic acids is 3. The fraction of sp³-hybridized carbons (Fsp3) is 0.286. The molecule has 3 rings (SSSR count). The quantitative estimate of drug-likeness (QED) is 0.718. The van der Waals surface area contributed by atoms with Crippen LogP contribution in [-0.4, -0.2) is 31.5 Å². The number of methoxy groups -OCH3 is 1. The number of ether oxygens (including phenoxy) is 2. The van der Waals surface area contributed by atoms with Gasteiger partial charge in [-0.05, 0) is 49.7 Å². The Morgan fingerprint density at radius 1 is 0.964 bits per heavy atom. The molecule has 2 N–H and O–H groups in total. The van der Waals surface area contributed by atoms with Crippen molar-refractivity contribution in [2.45, 2.75) is 13.3 Å². The standard InChI is InChI=1S/C21H22N2O5/c1-3-28-21(26)13-8-10-14(11-9-13)22-19(24)15-12-16(15)20(25)23-17-6-4-5-7-18(17)27-2/h4-11,15-16H,3,12H2,1-2H3,(H,22,24)(H,23,25). The molecule has 28 heavy (non-hydrogen) atoms. The van der Waals surface area contributed by atoms with Crippen molar-refractivity contribution in [3.63, 3.8) is 0 Å². The predicted molar refractivity (Wildman–Crippen MR) is 104 cm³/mol. The van der Waals surface area contributed by atoms with Crippen LogP contribution in [0, 0.1) is 11.8 Å². The summed E-state index contributed by atoms with van der Waals surface area (Å²) in [6.07, 6.45) is 0.494. The second-order valence-electron chi connectivity index (χ2n) is 6.43. The third kappa shape index (κ3) is 4.49. The highest BCUT2D eigenvalue weighted by Gasteiger charge is 2.48. The van der Waals surface area contributed by atoms with Gasteiger partial charge < -0.3 is 20.1 Å². The van der Waals surface area contributed by atoms with Crippen LogP contribution in [0.1, 0.15) is 23.7 Å². The minimum absolute atomic E-state index is 0.206.